The van der Waals surface area contributed by atoms with E-state index in [4.69, 9.17) is 5.73 Å². The molecule has 0 saturated heterocycles. The molecule has 0 bridgehead atoms. The molecule has 0 aliphatic rings. The first kappa shape index (κ1) is 6.28. The first-order valence-corrected chi connectivity index (χ1v) is 3.94. The van der Waals surface area contributed by atoms with Gasteiger partial charge in [-0.15, -0.1) is 0 Å². The van der Waals surface area contributed by atoms with E-state index >= 15 is 0 Å². The average molecular weight is 240 g/mol. The molecule has 0 aromatic carbocycles. The van der Waals surface area contributed by atoms with Crippen molar-refractivity contribution in [1.82, 2.24) is 4.37 Å². The number of anilines is 1. The number of rotatable bonds is 0. The smallest absolute Gasteiger partial charge is 0.150 e. The molecule has 0 amide bonds. The minimum Gasteiger partial charge on any atom is -0.382 e. The van der Waals surface area contributed by atoms with Crippen LogP contribution in [0.3, 0.4) is 0 Å². The fourth-order valence-electron chi connectivity index (χ4n) is 0.378. The van der Waals surface area contributed by atoms with E-state index in [9.17, 15) is 0 Å². The van der Waals surface area contributed by atoms with Crippen molar-refractivity contribution in [2.75, 3.05) is 5.73 Å². The Kier molecular flexibility index (Phi) is 1.71. The molecule has 8 heavy (non-hydrogen) atoms. The van der Waals surface area contributed by atoms with Gasteiger partial charge >= 0.3 is 0 Å². The van der Waals surface area contributed by atoms with Crippen molar-refractivity contribution in [3.63, 3.8) is 0 Å². The SMILES string of the molecule is Cc1snc(N)c1I. The van der Waals surface area contributed by atoms with Crippen molar-refractivity contribution in [3.05, 3.63) is 8.45 Å². The predicted octanol–water partition coefficient (Wildman–Crippen LogP) is 1.64. The lowest BCUT2D eigenvalue weighted by atomic mass is 10.5. The van der Waals surface area contributed by atoms with E-state index < -0.39 is 0 Å². The largest absolute Gasteiger partial charge is 0.382 e. The number of hydrogen-bond donors (Lipinski definition) is 1. The summed E-state index contributed by atoms with van der Waals surface area (Å²) in [5.74, 6) is 0.660. The van der Waals surface area contributed by atoms with Gasteiger partial charge in [0.15, 0.2) is 5.82 Å². The van der Waals surface area contributed by atoms with Gasteiger partial charge in [-0.1, -0.05) is 0 Å². The zero-order valence-electron chi connectivity index (χ0n) is 4.31. The highest BCUT2D eigenvalue weighted by atomic mass is 127. The molecular weight excluding hydrogens is 235 g/mol. The lowest BCUT2D eigenvalue weighted by Gasteiger charge is -1.81. The van der Waals surface area contributed by atoms with E-state index in [1.165, 1.54) is 16.4 Å². The van der Waals surface area contributed by atoms with Crippen LogP contribution in [0.15, 0.2) is 0 Å². The van der Waals surface area contributed by atoms with Crippen molar-refractivity contribution >= 4 is 39.9 Å². The number of aryl methyl sites for hydroxylation is 1. The molecule has 2 N–H and O–H groups in total. The molecule has 0 spiro atoms. The van der Waals surface area contributed by atoms with Gasteiger partial charge in [0.05, 0.1) is 3.57 Å². The number of aromatic nitrogens is 1. The van der Waals surface area contributed by atoms with Crippen molar-refractivity contribution in [2.45, 2.75) is 6.92 Å². The topological polar surface area (TPSA) is 38.9 Å². The highest BCUT2D eigenvalue weighted by Gasteiger charge is 2.00. The van der Waals surface area contributed by atoms with E-state index in [1.807, 2.05) is 6.92 Å². The summed E-state index contributed by atoms with van der Waals surface area (Å²) in [6.45, 7) is 2.01. The fraction of sp³-hybridized carbons (Fsp3) is 0.250. The fourth-order valence-corrected chi connectivity index (χ4v) is 1.47. The highest BCUT2D eigenvalue weighted by Crippen LogP contribution is 2.20. The second-order valence-corrected chi connectivity index (χ2v) is 3.49. The summed E-state index contributed by atoms with van der Waals surface area (Å²) in [6.07, 6.45) is 0. The summed E-state index contributed by atoms with van der Waals surface area (Å²) >= 11 is 3.64. The normalized spacial score (nSPS) is 9.75. The maximum atomic E-state index is 5.43. The van der Waals surface area contributed by atoms with Gasteiger partial charge in [0.2, 0.25) is 0 Å². The van der Waals surface area contributed by atoms with E-state index in [-0.39, 0.29) is 0 Å². The first-order chi connectivity index (χ1) is 3.72. The molecule has 0 radical (unpaired) electrons. The minimum absolute atomic E-state index is 0.660. The third-order valence-corrected chi connectivity index (χ3v) is 3.31. The Morgan fingerprint density at radius 2 is 2.38 bits per heavy atom. The van der Waals surface area contributed by atoms with Crippen LogP contribution in [0, 0.1) is 10.5 Å². The second kappa shape index (κ2) is 2.18. The lowest BCUT2D eigenvalue weighted by molar-refractivity contribution is 1.51. The van der Waals surface area contributed by atoms with E-state index in [0.29, 0.717) is 5.82 Å². The van der Waals surface area contributed by atoms with Crippen molar-refractivity contribution in [1.29, 1.82) is 0 Å². The van der Waals surface area contributed by atoms with Gasteiger partial charge in [0, 0.05) is 4.88 Å². The van der Waals surface area contributed by atoms with Crippen LogP contribution in [0.4, 0.5) is 5.82 Å². The molecule has 0 aliphatic heterocycles. The van der Waals surface area contributed by atoms with Gasteiger partial charge < -0.3 is 5.73 Å². The number of nitrogens with zero attached hydrogens (tertiary/aromatic N) is 1. The predicted molar refractivity (Wildman–Crippen MR) is 44.0 cm³/mol. The maximum absolute atomic E-state index is 5.43. The Bertz CT molecular complexity index is 176. The molecule has 1 heterocycles. The molecule has 4 heteroatoms. The standard InChI is InChI=1S/C4H5IN2S/c1-2-3(5)4(6)7-8-2/h1H3,(H2,6,7). The molecule has 0 atom stereocenters. The number of nitrogens with two attached hydrogens (primary N) is 1. The van der Waals surface area contributed by atoms with Crippen molar-refractivity contribution in [3.8, 4) is 0 Å². The van der Waals surface area contributed by atoms with Gasteiger partial charge in [-0.05, 0) is 41.0 Å². The molecule has 1 rings (SSSR count). The maximum Gasteiger partial charge on any atom is 0.150 e. The molecule has 2 nitrogen and oxygen atoms in total. The zero-order chi connectivity index (χ0) is 6.15. The lowest BCUT2D eigenvalue weighted by Crippen LogP contribution is -1.85. The van der Waals surface area contributed by atoms with Gasteiger partial charge in [0.25, 0.3) is 0 Å². The number of halogens is 1. The number of hydrogen-bond acceptors (Lipinski definition) is 3. The van der Waals surface area contributed by atoms with Crippen LogP contribution in [0.25, 0.3) is 0 Å². The molecule has 1 aromatic rings. The zero-order valence-corrected chi connectivity index (χ0v) is 7.28. The first-order valence-electron chi connectivity index (χ1n) is 2.09. The Morgan fingerprint density at radius 3 is 2.50 bits per heavy atom. The second-order valence-electron chi connectivity index (χ2n) is 1.44. The molecule has 1 aromatic heterocycles. The molecule has 0 unspecified atom stereocenters. The Morgan fingerprint density at radius 1 is 1.75 bits per heavy atom. The Labute approximate surface area is 65.4 Å². The minimum atomic E-state index is 0.660. The monoisotopic (exact) mass is 240 g/mol. The van der Waals surface area contributed by atoms with Crippen LogP contribution >= 0.6 is 34.1 Å². The highest BCUT2D eigenvalue weighted by molar-refractivity contribution is 14.1. The van der Waals surface area contributed by atoms with Gasteiger partial charge in [0.1, 0.15) is 0 Å². The quantitative estimate of drug-likeness (QED) is 0.700. The molecular formula is C4H5IN2S. The molecule has 0 aliphatic carbocycles. The third-order valence-electron chi connectivity index (χ3n) is 0.815. The third kappa shape index (κ3) is 0.947. The molecule has 0 fully saturated rings. The van der Waals surface area contributed by atoms with Crippen molar-refractivity contribution in [2.24, 2.45) is 0 Å². The van der Waals surface area contributed by atoms with E-state index in [1.54, 1.807) is 0 Å². The van der Waals surface area contributed by atoms with E-state index in [0.717, 1.165) is 3.57 Å². The van der Waals surface area contributed by atoms with Gasteiger partial charge in [-0.3, -0.25) is 0 Å². The summed E-state index contributed by atoms with van der Waals surface area (Å²) in [6, 6.07) is 0. The van der Waals surface area contributed by atoms with Gasteiger partial charge in [-0.2, -0.15) is 4.37 Å². The Balaban J connectivity index is 3.19. The Hall–Kier alpha value is 0.160. The molecule has 44 valence electrons. The van der Waals surface area contributed by atoms with Crippen LogP contribution in [-0.2, 0) is 0 Å². The van der Waals surface area contributed by atoms with Crippen LogP contribution in [-0.4, -0.2) is 4.37 Å². The van der Waals surface area contributed by atoms with Crippen molar-refractivity contribution < 1.29 is 0 Å². The van der Waals surface area contributed by atoms with E-state index in [2.05, 4.69) is 27.0 Å². The molecule has 0 saturated carbocycles. The summed E-state index contributed by atoms with van der Waals surface area (Å²) < 4.78 is 5.02. The summed E-state index contributed by atoms with van der Waals surface area (Å²) in [4.78, 5) is 1.20. The summed E-state index contributed by atoms with van der Waals surface area (Å²) in [5, 5.41) is 0. The van der Waals surface area contributed by atoms with Gasteiger partial charge in [-0.25, -0.2) is 0 Å². The van der Waals surface area contributed by atoms with Crippen LogP contribution in [0.2, 0.25) is 0 Å². The number of nitrogen functional groups attached to an aromatic ring is 1. The van der Waals surface area contributed by atoms with Crippen LogP contribution in [0.5, 0.6) is 0 Å². The van der Waals surface area contributed by atoms with Crippen LogP contribution in [0.1, 0.15) is 4.88 Å². The summed E-state index contributed by atoms with van der Waals surface area (Å²) in [5.41, 5.74) is 5.43. The summed E-state index contributed by atoms with van der Waals surface area (Å²) in [7, 11) is 0. The average Bonchev–Trinajstić information content (AvgIpc) is 1.98. The van der Waals surface area contributed by atoms with Crippen LogP contribution < -0.4 is 5.73 Å².